The summed E-state index contributed by atoms with van der Waals surface area (Å²) in [7, 11) is 1.54. The molecular weight excluding hydrogens is 474 g/mol. The van der Waals surface area contributed by atoms with Crippen LogP contribution in [0.15, 0.2) is 42.5 Å². The number of likely N-dealkylation sites (N-methyl/N-ethyl adjacent to an activating group) is 1. The number of nitrogens with two attached hydrogens (primary N) is 2. The molecule has 2 aromatic carbocycles. The van der Waals surface area contributed by atoms with E-state index in [9.17, 15) is 24.3 Å². The number of carbonyl (C=O) groups excluding carboxylic acids is 4. The predicted molar refractivity (Wildman–Crippen MR) is 140 cm³/mol. The van der Waals surface area contributed by atoms with Crippen LogP contribution in [0.1, 0.15) is 35.6 Å². The maximum atomic E-state index is 13.2. The van der Waals surface area contributed by atoms with Crippen molar-refractivity contribution in [3.05, 3.63) is 64.7 Å². The summed E-state index contributed by atoms with van der Waals surface area (Å²) in [6, 6.07) is 9.33. The molecule has 0 spiro atoms. The Morgan fingerprint density at radius 1 is 0.946 bits per heavy atom. The summed E-state index contributed by atoms with van der Waals surface area (Å²) in [5.74, 6) is -1.86. The van der Waals surface area contributed by atoms with Gasteiger partial charge in [0.25, 0.3) is 0 Å². The molecule has 0 aliphatic carbocycles. The molecule has 10 heteroatoms. The zero-order chi connectivity index (χ0) is 27.7. The molecule has 0 aromatic heterocycles. The molecule has 2 rings (SSSR count). The smallest absolute Gasteiger partial charge is 0.245 e. The quantitative estimate of drug-likeness (QED) is 0.277. The number of phenolic OH excluding ortho intramolecular Hbond substituents is 1. The summed E-state index contributed by atoms with van der Waals surface area (Å²) in [6.07, 6.45) is 0.460. The van der Waals surface area contributed by atoms with E-state index in [1.807, 2.05) is 32.0 Å². The summed E-state index contributed by atoms with van der Waals surface area (Å²) < 4.78 is 0. The number of primary amides is 1. The lowest BCUT2D eigenvalue weighted by molar-refractivity contribution is -0.136. The first-order valence-corrected chi connectivity index (χ1v) is 12.1. The van der Waals surface area contributed by atoms with Gasteiger partial charge in [-0.05, 0) is 61.6 Å². The van der Waals surface area contributed by atoms with Crippen LogP contribution in [0.2, 0.25) is 0 Å². The molecule has 0 fully saturated rings. The molecular formula is C27H37N5O5. The number of nitrogens with one attached hydrogen (secondary N) is 2. The first-order valence-electron chi connectivity index (χ1n) is 12.1. The van der Waals surface area contributed by atoms with Crippen molar-refractivity contribution in [2.45, 2.75) is 58.2 Å². The minimum absolute atomic E-state index is 0.00230. The second-order valence-corrected chi connectivity index (χ2v) is 9.32. The number of hydrogen-bond acceptors (Lipinski definition) is 6. The van der Waals surface area contributed by atoms with E-state index in [4.69, 9.17) is 11.5 Å². The highest BCUT2D eigenvalue weighted by Gasteiger charge is 2.28. The minimum Gasteiger partial charge on any atom is -0.508 e. The van der Waals surface area contributed by atoms with Crippen molar-refractivity contribution in [2.75, 3.05) is 13.6 Å². The van der Waals surface area contributed by atoms with Crippen molar-refractivity contribution in [3.8, 4) is 5.75 Å². The number of benzene rings is 2. The SMILES string of the molecule is Cc1cccc(C)c1C[C@H](NC(=O)[C@@H](C)NC(=O)[C@@H](N)Cc1ccc(O)cc1)C(=O)N(C)CCC(N)=O. The van der Waals surface area contributed by atoms with Crippen LogP contribution in [0.5, 0.6) is 5.75 Å². The Morgan fingerprint density at radius 3 is 2.11 bits per heavy atom. The van der Waals surface area contributed by atoms with Gasteiger partial charge in [-0.2, -0.15) is 0 Å². The Kier molecular flexibility index (Phi) is 10.6. The molecule has 0 saturated carbocycles. The van der Waals surface area contributed by atoms with Gasteiger partial charge in [0.2, 0.25) is 23.6 Å². The molecule has 4 amide bonds. The van der Waals surface area contributed by atoms with Gasteiger partial charge >= 0.3 is 0 Å². The van der Waals surface area contributed by atoms with Crippen molar-refractivity contribution in [2.24, 2.45) is 11.5 Å². The van der Waals surface area contributed by atoms with Gasteiger partial charge in [-0.25, -0.2) is 0 Å². The van der Waals surface area contributed by atoms with Crippen LogP contribution < -0.4 is 22.1 Å². The highest BCUT2D eigenvalue weighted by Crippen LogP contribution is 2.17. The summed E-state index contributed by atoms with van der Waals surface area (Å²) in [4.78, 5) is 51.4. The molecule has 0 aliphatic rings. The molecule has 0 aliphatic heterocycles. The van der Waals surface area contributed by atoms with Crippen molar-refractivity contribution in [1.82, 2.24) is 15.5 Å². The van der Waals surface area contributed by atoms with Gasteiger partial charge in [0, 0.05) is 26.4 Å². The number of aryl methyl sites for hydroxylation is 2. The van der Waals surface area contributed by atoms with Gasteiger partial charge in [0.05, 0.1) is 6.04 Å². The van der Waals surface area contributed by atoms with E-state index in [-0.39, 0.29) is 37.5 Å². The van der Waals surface area contributed by atoms with E-state index in [0.29, 0.717) is 0 Å². The topological polar surface area (TPSA) is 168 Å². The highest BCUT2D eigenvalue weighted by molar-refractivity contribution is 5.93. The molecule has 0 saturated heterocycles. The zero-order valence-corrected chi connectivity index (χ0v) is 21.8. The first kappa shape index (κ1) is 29.3. The summed E-state index contributed by atoms with van der Waals surface area (Å²) in [5.41, 5.74) is 14.9. The van der Waals surface area contributed by atoms with Crippen LogP contribution in [-0.2, 0) is 32.0 Å². The lowest BCUT2D eigenvalue weighted by Crippen LogP contribution is -2.55. The second-order valence-electron chi connectivity index (χ2n) is 9.32. The Labute approximate surface area is 217 Å². The van der Waals surface area contributed by atoms with Crippen LogP contribution in [0.4, 0.5) is 0 Å². The van der Waals surface area contributed by atoms with E-state index in [0.717, 1.165) is 22.3 Å². The number of nitrogens with zero attached hydrogens (tertiary/aromatic N) is 1. The highest BCUT2D eigenvalue weighted by atomic mass is 16.3. The van der Waals surface area contributed by atoms with Gasteiger partial charge in [-0.1, -0.05) is 30.3 Å². The molecule has 7 N–H and O–H groups in total. The number of phenols is 1. The maximum absolute atomic E-state index is 13.2. The minimum atomic E-state index is -0.956. The van der Waals surface area contributed by atoms with Gasteiger partial charge < -0.3 is 32.1 Å². The predicted octanol–water partition coefficient (Wildman–Crippen LogP) is 0.445. The van der Waals surface area contributed by atoms with E-state index in [1.165, 1.54) is 24.0 Å². The van der Waals surface area contributed by atoms with Crippen molar-refractivity contribution in [1.29, 1.82) is 0 Å². The summed E-state index contributed by atoms with van der Waals surface area (Å²) in [6.45, 7) is 5.49. The van der Waals surface area contributed by atoms with E-state index >= 15 is 0 Å². The molecule has 0 heterocycles. The van der Waals surface area contributed by atoms with Crippen molar-refractivity contribution in [3.63, 3.8) is 0 Å². The normalized spacial score (nSPS) is 13.2. The molecule has 200 valence electrons. The van der Waals surface area contributed by atoms with Crippen LogP contribution in [-0.4, -0.2) is 65.4 Å². The Bertz CT molecular complexity index is 1100. The van der Waals surface area contributed by atoms with E-state index in [1.54, 1.807) is 19.2 Å². The number of carbonyl (C=O) groups is 4. The van der Waals surface area contributed by atoms with E-state index < -0.39 is 35.8 Å². The molecule has 10 nitrogen and oxygen atoms in total. The third-order valence-corrected chi connectivity index (χ3v) is 6.22. The zero-order valence-electron chi connectivity index (χ0n) is 21.8. The van der Waals surface area contributed by atoms with Crippen molar-refractivity contribution < 1.29 is 24.3 Å². The Morgan fingerprint density at radius 2 is 1.54 bits per heavy atom. The fourth-order valence-corrected chi connectivity index (χ4v) is 3.89. The maximum Gasteiger partial charge on any atom is 0.245 e. The molecule has 0 radical (unpaired) electrons. The molecule has 0 unspecified atom stereocenters. The van der Waals surface area contributed by atoms with Crippen LogP contribution in [0, 0.1) is 13.8 Å². The lowest BCUT2D eigenvalue weighted by Gasteiger charge is -2.27. The van der Waals surface area contributed by atoms with Crippen LogP contribution >= 0.6 is 0 Å². The van der Waals surface area contributed by atoms with Crippen molar-refractivity contribution >= 4 is 23.6 Å². The monoisotopic (exact) mass is 511 g/mol. The van der Waals surface area contributed by atoms with Gasteiger partial charge in [0.15, 0.2) is 0 Å². The summed E-state index contributed by atoms with van der Waals surface area (Å²) in [5, 5.41) is 14.8. The third kappa shape index (κ3) is 8.91. The second kappa shape index (κ2) is 13.4. The van der Waals surface area contributed by atoms with Gasteiger partial charge in [0.1, 0.15) is 17.8 Å². The molecule has 0 bridgehead atoms. The fourth-order valence-electron chi connectivity index (χ4n) is 3.89. The number of aromatic hydroxyl groups is 1. The first-order chi connectivity index (χ1) is 17.4. The summed E-state index contributed by atoms with van der Waals surface area (Å²) >= 11 is 0. The lowest BCUT2D eigenvalue weighted by atomic mass is 9.95. The average Bonchev–Trinajstić information content (AvgIpc) is 2.84. The number of amides is 4. The molecule has 2 aromatic rings. The number of rotatable bonds is 12. The fraction of sp³-hybridized carbons (Fsp3) is 0.407. The molecule has 37 heavy (non-hydrogen) atoms. The number of hydrogen-bond donors (Lipinski definition) is 5. The van der Waals surface area contributed by atoms with E-state index in [2.05, 4.69) is 10.6 Å². The Balaban J connectivity index is 2.10. The molecule has 3 atom stereocenters. The van der Waals surface area contributed by atoms with Crippen LogP contribution in [0.3, 0.4) is 0 Å². The largest absolute Gasteiger partial charge is 0.508 e. The van der Waals surface area contributed by atoms with Gasteiger partial charge in [-0.15, -0.1) is 0 Å². The van der Waals surface area contributed by atoms with Crippen LogP contribution in [0.25, 0.3) is 0 Å². The standard InChI is InChI=1S/C27H37N5O5/c1-16-6-5-7-17(2)21(16)15-23(27(37)32(4)13-12-24(29)34)31-25(35)18(3)30-26(36)22(28)14-19-8-10-20(33)11-9-19/h5-11,18,22-23,33H,12-15,28H2,1-4H3,(H2,29,34)(H,30,36)(H,31,35)/t18-,22+,23+/m1/s1. The van der Waals surface area contributed by atoms with Gasteiger partial charge in [-0.3, -0.25) is 19.2 Å². The average molecular weight is 512 g/mol. The third-order valence-electron chi connectivity index (χ3n) is 6.22. The Hall–Kier alpha value is -3.92.